The molecule has 1 unspecified atom stereocenters. The molecule has 0 radical (unpaired) electrons. The molecule has 1 aliphatic rings. The molecular formula is C13H21N3O. The topological polar surface area (TPSA) is 47.0 Å². The SMILES string of the molecule is CCNc1cc(C2CC2)nc(C(C)COC)n1. The van der Waals surface area contributed by atoms with Crippen LogP contribution in [0, 0.1) is 0 Å². The molecule has 2 rings (SSSR count). The Morgan fingerprint density at radius 1 is 1.47 bits per heavy atom. The molecular weight excluding hydrogens is 214 g/mol. The molecule has 1 saturated carbocycles. The molecule has 4 nitrogen and oxygen atoms in total. The first-order chi connectivity index (χ1) is 8.24. The van der Waals surface area contributed by atoms with E-state index in [1.165, 1.54) is 18.5 Å². The number of anilines is 1. The van der Waals surface area contributed by atoms with Gasteiger partial charge in [0.15, 0.2) is 0 Å². The Morgan fingerprint density at radius 2 is 2.24 bits per heavy atom. The Kier molecular flexibility index (Phi) is 3.94. The fourth-order valence-corrected chi connectivity index (χ4v) is 1.89. The Morgan fingerprint density at radius 3 is 2.82 bits per heavy atom. The van der Waals surface area contributed by atoms with Crippen molar-refractivity contribution >= 4 is 5.82 Å². The van der Waals surface area contributed by atoms with Gasteiger partial charge in [0, 0.05) is 37.3 Å². The van der Waals surface area contributed by atoms with Gasteiger partial charge in [0.05, 0.1) is 6.61 Å². The van der Waals surface area contributed by atoms with Crippen LogP contribution in [0.3, 0.4) is 0 Å². The van der Waals surface area contributed by atoms with Crippen molar-refractivity contribution in [3.8, 4) is 0 Å². The molecule has 4 heteroatoms. The Balaban J connectivity index is 2.23. The van der Waals surface area contributed by atoms with Crippen LogP contribution in [-0.4, -0.2) is 30.2 Å². The summed E-state index contributed by atoms with van der Waals surface area (Å²) in [6.45, 7) is 5.74. The predicted octanol–water partition coefficient (Wildman–Crippen LogP) is 2.54. The van der Waals surface area contributed by atoms with Crippen molar-refractivity contribution in [3.63, 3.8) is 0 Å². The van der Waals surface area contributed by atoms with Crippen molar-refractivity contribution in [2.45, 2.75) is 38.5 Å². The lowest BCUT2D eigenvalue weighted by Crippen LogP contribution is -2.11. The van der Waals surface area contributed by atoms with Crippen LogP contribution in [0.5, 0.6) is 0 Å². The smallest absolute Gasteiger partial charge is 0.136 e. The normalized spacial score (nSPS) is 16.9. The van der Waals surface area contributed by atoms with Crippen molar-refractivity contribution in [2.24, 2.45) is 0 Å². The second-order valence-corrected chi connectivity index (χ2v) is 4.70. The van der Waals surface area contributed by atoms with E-state index in [9.17, 15) is 0 Å². The number of nitrogens with zero attached hydrogens (tertiary/aromatic N) is 2. The fraction of sp³-hybridized carbons (Fsp3) is 0.692. The summed E-state index contributed by atoms with van der Waals surface area (Å²) >= 11 is 0. The average Bonchev–Trinajstić information content (AvgIpc) is 3.13. The molecule has 0 saturated heterocycles. The molecule has 0 spiro atoms. The number of ether oxygens (including phenoxy) is 1. The second kappa shape index (κ2) is 5.45. The Bertz CT molecular complexity index is 377. The fourth-order valence-electron chi connectivity index (χ4n) is 1.89. The summed E-state index contributed by atoms with van der Waals surface area (Å²) < 4.78 is 5.17. The van der Waals surface area contributed by atoms with Gasteiger partial charge >= 0.3 is 0 Å². The number of rotatable bonds is 6. The van der Waals surface area contributed by atoms with Crippen LogP contribution in [0.2, 0.25) is 0 Å². The number of methoxy groups -OCH3 is 1. The van der Waals surface area contributed by atoms with Crippen LogP contribution in [-0.2, 0) is 4.74 Å². The average molecular weight is 235 g/mol. The second-order valence-electron chi connectivity index (χ2n) is 4.70. The van der Waals surface area contributed by atoms with E-state index in [2.05, 4.69) is 35.2 Å². The van der Waals surface area contributed by atoms with Gasteiger partial charge in [0.1, 0.15) is 11.6 Å². The molecule has 1 atom stereocenters. The predicted molar refractivity (Wildman–Crippen MR) is 68.5 cm³/mol. The summed E-state index contributed by atoms with van der Waals surface area (Å²) in [5.74, 6) is 2.74. The number of aromatic nitrogens is 2. The molecule has 1 aromatic heterocycles. The van der Waals surface area contributed by atoms with Crippen LogP contribution >= 0.6 is 0 Å². The van der Waals surface area contributed by atoms with Crippen molar-refractivity contribution in [3.05, 3.63) is 17.6 Å². The monoisotopic (exact) mass is 235 g/mol. The minimum Gasteiger partial charge on any atom is -0.384 e. The summed E-state index contributed by atoms with van der Waals surface area (Å²) in [5, 5.41) is 3.28. The van der Waals surface area contributed by atoms with Gasteiger partial charge in [0.2, 0.25) is 0 Å². The number of hydrogen-bond acceptors (Lipinski definition) is 4. The molecule has 94 valence electrons. The Labute approximate surface area is 103 Å². The molecule has 17 heavy (non-hydrogen) atoms. The van der Waals surface area contributed by atoms with Gasteiger partial charge in [-0.3, -0.25) is 0 Å². The van der Waals surface area contributed by atoms with Crippen LogP contribution in [0.25, 0.3) is 0 Å². The molecule has 0 aromatic carbocycles. The van der Waals surface area contributed by atoms with Crippen molar-refractivity contribution < 1.29 is 4.74 Å². The quantitative estimate of drug-likeness (QED) is 0.823. The van der Waals surface area contributed by atoms with E-state index in [-0.39, 0.29) is 5.92 Å². The summed E-state index contributed by atoms with van der Waals surface area (Å²) in [4.78, 5) is 9.21. The maximum absolute atomic E-state index is 5.17. The van der Waals surface area contributed by atoms with E-state index < -0.39 is 0 Å². The third kappa shape index (κ3) is 3.16. The minimum absolute atomic E-state index is 0.246. The van der Waals surface area contributed by atoms with Gasteiger partial charge in [-0.25, -0.2) is 9.97 Å². The minimum atomic E-state index is 0.246. The standard InChI is InChI=1S/C13H21N3O/c1-4-14-12-7-11(10-5-6-10)15-13(16-12)9(2)8-17-3/h7,9-10H,4-6,8H2,1-3H3,(H,14,15,16). The molecule has 1 fully saturated rings. The molecule has 1 heterocycles. The van der Waals surface area contributed by atoms with Crippen LogP contribution in [0.1, 0.15) is 50.0 Å². The van der Waals surface area contributed by atoms with Crippen molar-refractivity contribution in [1.82, 2.24) is 9.97 Å². The van der Waals surface area contributed by atoms with Gasteiger partial charge < -0.3 is 10.1 Å². The zero-order chi connectivity index (χ0) is 12.3. The highest BCUT2D eigenvalue weighted by molar-refractivity contribution is 5.38. The van der Waals surface area contributed by atoms with E-state index in [0.717, 1.165) is 18.2 Å². The first kappa shape index (κ1) is 12.3. The molecule has 1 N–H and O–H groups in total. The van der Waals surface area contributed by atoms with Crippen LogP contribution in [0.15, 0.2) is 6.07 Å². The van der Waals surface area contributed by atoms with Crippen LogP contribution in [0.4, 0.5) is 5.82 Å². The maximum Gasteiger partial charge on any atom is 0.136 e. The third-order valence-electron chi connectivity index (χ3n) is 2.97. The van der Waals surface area contributed by atoms with Gasteiger partial charge in [-0.05, 0) is 19.8 Å². The van der Waals surface area contributed by atoms with E-state index in [0.29, 0.717) is 12.5 Å². The molecule has 1 aliphatic carbocycles. The van der Waals surface area contributed by atoms with Gasteiger partial charge in [-0.2, -0.15) is 0 Å². The first-order valence-electron chi connectivity index (χ1n) is 6.36. The zero-order valence-electron chi connectivity index (χ0n) is 10.9. The van der Waals surface area contributed by atoms with Crippen LogP contribution < -0.4 is 5.32 Å². The number of nitrogens with one attached hydrogen (secondary N) is 1. The molecule has 0 aliphatic heterocycles. The molecule has 1 aromatic rings. The highest BCUT2D eigenvalue weighted by Gasteiger charge is 2.26. The lowest BCUT2D eigenvalue weighted by atomic mass is 10.1. The third-order valence-corrected chi connectivity index (χ3v) is 2.97. The summed E-state index contributed by atoms with van der Waals surface area (Å²) in [7, 11) is 1.71. The Hall–Kier alpha value is -1.16. The lowest BCUT2D eigenvalue weighted by molar-refractivity contribution is 0.181. The lowest BCUT2D eigenvalue weighted by Gasteiger charge is -2.13. The molecule has 0 bridgehead atoms. The summed E-state index contributed by atoms with van der Waals surface area (Å²) in [6, 6.07) is 2.09. The maximum atomic E-state index is 5.17. The van der Waals surface area contributed by atoms with Crippen molar-refractivity contribution in [1.29, 1.82) is 0 Å². The summed E-state index contributed by atoms with van der Waals surface area (Å²) in [5.41, 5.74) is 1.19. The van der Waals surface area contributed by atoms with E-state index in [1.807, 2.05) is 0 Å². The first-order valence-corrected chi connectivity index (χ1v) is 6.36. The van der Waals surface area contributed by atoms with Crippen molar-refractivity contribution in [2.75, 3.05) is 25.6 Å². The zero-order valence-corrected chi connectivity index (χ0v) is 10.9. The highest BCUT2D eigenvalue weighted by atomic mass is 16.5. The van der Waals surface area contributed by atoms with E-state index in [4.69, 9.17) is 4.74 Å². The van der Waals surface area contributed by atoms with Gasteiger partial charge in [-0.1, -0.05) is 6.92 Å². The number of hydrogen-bond donors (Lipinski definition) is 1. The molecule has 0 amide bonds. The highest BCUT2D eigenvalue weighted by Crippen LogP contribution is 2.39. The van der Waals surface area contributed by atoms with E-state index >= 15 is 0 Å². The van der Waals surface area contributed by atoms with Gasteiger partial charge in [0.25, 0.3) is 0 Å². The summed E-state index contributed by atoms with van der Waals surface area (Å²) in [6.07, 6.45) is 2.53. The van der Waals surface area contributed by atoms with Gasteiger partial charge in [-0.15, -0.1) is 0 Å². The van der Waals surface area contributed by atoms with E-state index in [1.54, 1.807) is 7.11 Å². The largest absolute Gasteiger partial charge is 0.384 e.